The smallest absolute Gasteiger partial charge is 0.161 e. The highest BCUT2D eigenvalue weighted by Gasteiger charge is 2.12. The number of nitrogens with two attached hydrogens (primary N) is 1. The van der Waals surface area contributed by atoms with Crippen LogP contribution in [0.15, 0.2) is 42.5 Å². The van der Waals surface area contributed by atoms with Crippen molar-refractivity contribution < 1.29 is 9.47 Å². The molecule has 0 bridgehead atoms. The molecule has 2 aromatic carbocycles. The second-order valence-electron chi connectivity index (χ2n) is 5.62. The molecule has 0 aliphatic rings. The minimum absolute atomic E-state index is 0.638. The standard InChI is InChI=1S/C19H26N2O2/c1-15-11-18(22-2)19(23-3)12-17(15)14-21(10-9-20)13-16-7-5-4-6-8-16/h4-8,11-12H,9-10,13-14,20H2,1-3H3. The Labute approximate surface area is 138 Å². The molecule has 2 aromatic rings. The van der Waals surface area contributed by atoms with Crippen molar-refractivity contribution >= 4 is 0 Å². The first-order valence-electron chi connectivity index (χ1n) is 7.85. The van der Waals surface area contributed by atoms with Crippen LogP contribution in [0.2, 0.25) is 0 Å². The Hall–Kier alpha value is -2.04. The molecule has 0 atom stereocenters. The lowest BCUT2D eigenvalue weighted by molar-refractivity contribution is 0.263. The highest BCUT2D eigenvalue weighted by Crippen LogP contribution is 2.31. The van der Waals surface area contributed by atoms with Crippen LogP contribution in [0.5, 0.6) is 11.5 Å². The molecule has 0 aliphatic carbocycles. The van der Waals surface area contributed by atoms with Crippen molar-refractivity contribution in [3.05, 3.63) is 59.2 Å². The fraction of sp³-hybridized carbons (Fsp3) is 0.368. The van der Waals surface area contributed by atoms with Gasteiger partial charge in [0, 0.05) is 26.2 Å². The minimum Gasteiger partial charge on any atom is -0.493 e. The van der Waals surface area contributed by atoms with E-state index in [0.717, 1.165) is 31.1 Å². The number of rotatable bonds is 8. The van der Waals surface area contributed by atoms with E-state index in [1.807, 2.05) is 12.1 Å². The number of aryl methyl sites for hydroxylation is 1. The molecule has 4 nitrogen and oxygen atoms in total. The monoisotopic (exact) mass is 314 g/mol. The predicted octanol–water partition coefficient (Wildman–Crippen LogP) is 2.97. The number of methoxy groups -OCH3 is 2. The molecule has 0 saturated heterocycles. The lowest BCUT2D eigenvalue weighted by atomic mass is 10.1. The van der Waals surface area contributed by atoms with Crippen LogP contribution >= 0.6 is 0 Å². The number of ether oxygens (including phenoxy) is 2. The van der Waals surface area contributed by atoms with Crippen molar-refractivity contribution in [2.24, 2.45) is 5.73 Å². The van der Waals surface area contributed by atoms with E-state index >= 15 is 0 Å². The first kappa shape index (κ1) is 17.3. The van der Waals surface area contributed by atoms with Gasteiger partial charge in [-0.2, -0.15) is 0 Å². The van der Waals surface area contributed by atoms with Gasteiger partial charge >= 0.3 is 0 Å². The highest BCUT2D eigenvalue weighted by atomic mass is 16.5. The Bertz CT molecular complexity index is 614. The molecule has 0 heterocycles. The van der Waals surface area contributed by atoms with Crippen LogP contribution in [0.1, 0.15) is 16.7 Å². The van der Waals surface area contributed by atoms with Gasteiger partial charge in [0.1, 0.15) is 0 Å². The first-order chi connectivity index (χ1) is 11.2. The van der Waals surface area contributed by atoms with Crippen LogP contribution in [0.4, 0.5) is 0 Å². The van der Waals surface area contributed by atoms with Crippen molar-refractivity contribution in [1.82, 2.24) is 4.90 Å². The second kappa shape index (κ2) is 8.56. The molecule has 4 heteroatoms. The molecule has 0 amide bonds. The summed E-state index contributed by atoms with van der Waals surface area (Å²) in [7, 11) is 3.33. The van der Waals surface area contributed by atoms with Gasteiger partial charge in [-0.15, -0.1) is 0 Å². The number of hydrogen-bond donors (Lipinski definition) is 1. The molecule has 0 radical (unpaired) electrons. The van der Waals surface area contributed by atoms with Gasteiger partial charge in [0.15, 0.2) is 11.5 Å². The Morgan fingerprint density at radius 2 is 1.61 bits per heavy atom. The van der Waals surface area contributed by atoms with Gasteiger partial charge in [0.25, 0.3) is 0 Å². The van der Waals surface area contributed by atoms with Gasteiger partial charge in [-0.25, -0.2) is 0 Å². The van der Waals surface area contributed by atoms with E-state index in [2.05, 4.69) is 42.2 Å². The molecule has 0 saturated carbocycles. The van der Waals surface area contributed by atoms with Crippen LogP contribution in [-0.4, -0.2) is 32.2 Å². The van der Waals surface area contributed by atoms with E-state index in [0.29, 0.717) is 6.54 Å². The molecule has 124 valence electrons. The predicted molar refractivity (Wildman–Crippen MR) is 93.9 cm³/mol. The van der Waals surface area contributed by atoms with E-state index in [1.54, 1.807) is 14.2 Å². The zero-order valence-electron chi connectivity index (χ0n) is 14.2. The van der Waals surface area contributed by atoms with E-state index in [-0.39, 0.29) is 0 Å². The molecular formula is C19H26N2O2. The lowest BCUT2D eigenvalue weighted by Gasteiger charge is -2.23. The van der Waals surface area contributed by atoms with Crippen LogP contribution in [0.25, 0.3) is 0 Å². The average Bonchev–Trinajstić information content (AvgIpc) is 2.57. The molecular weight excluding hydrogens is 288 g/mol. The van der Waals surface area contributed by atoms with Crippen molar-refractivity contribution in [3.8, 4) is 11.5 Å². The van der Waals surface area contributed by atoms with E-state index in [1.165, 1.54) is 16.7 Å². The summed E-state index contributed by atoms with van der Waals surface area (Å²) >= 11 is 0. The zero-order valence-corrected chi connectivity index (χ0v) is 14.2. The lowest BCUT2D eigenvalue weighted by Crippen LogP contribution is -2.29. The summed E-state index contributed by atoms with van der Waals surface area (Å²) in [5.41, 5.74) is 9.50. The summed E-state index contributed by atoms with van der Waals surface area (Å²) in [4.78, 5) is 2.35. The van der Waals surface area contributed by atoms with E-state index in [4.69, 9.17) is 15.2 Å². The van der Waals surface area contributed by atoms with Crippen LogP contribution in [0.3, 0.4) is 0 Å². The second-order valence-corrected chi connectivity index (χ2v) is 5.62. The number of benzene rings is 2. The summed E-state index contributed by atoms with van der Waals surface area (Å²) in [5, 5.41) is 0. The van der Waals surface area contributed by atoms with Gasteiger partial charge in [-0.1, -0.05) is 30.3 Å². The third-order valence-electron chi connectivity index (χ3n) is 3.93. The van der Waals surface area contributed by atoms with E-state index in [9.17, 15) is 0 Å². The third-order valence-corrected chi connectivity index (χ3v) is 3.93. The van der Waals surface area contributed by atoms with E-state index < -0.39 is 0 Å². The largest absolute Gasteiger partial charge is 0.493 e. The van der Waals surface area contributed by atoms with Gasteiger partial charge in [0.05, 0.1) is 14.2 Å². The molecule has 0 fully saturated rings. The van der Waals surface area contributed by atoms with Crippen molar-refractivity contribution in [3.63, 3.8) is 0 Å². The Kier molecular flexibility index (Phi) is 6.44. The highest BCUT2D eigenvalue weighted by molar-refractivity contribution is 5.47. The number of hydrogen-bond acceptors (Lipinski definition) is 4. The summed E-state index contributed by atoms with van der Waals surface area (Å²) in [6.07, 6.45) is 0. The van der Waals surface area contributed by atoms with Crippen molar-refractivity contribution in [2.45, 2.75) is 20.0 Å². The molecule has 2 rings (SSSR count). The third kappa shape index (κ3) is 4.71. The normalized spacial score (nSPS) is 10.8. The molecule has 2 N–H and O–H groups in total. The van der Waals surface area contributed by atoms with Crippen LogP contribution in [-0.2, 0) is 13.1 Å². The fourth-order valence-electron chi connectivity index (χ4n) is 2.67. The summed E-state index contributed by atoms with van der Waals surface area (Å²) in [6, 6.07) is 14.5. The van der Waals surface area contributed by atoms with Gasteiger partial charge < -0.3 is 15.2 Å². The van der Waals surface area contributed by atoms with Gasteiger partial charge in [0.2, 0.25) is 0 Å². The van der Waals surface area contributed by atoms with Crippen molar-refractivity contribution in [2.75, 3.05) is 27.3 Å². The van der Waals surface area contributed by atoms with Crippen LogP contribution < -0.4 is 15.2 Å². The maximum Gasteiger partial charge on any atom is 0.161 e. The Balaban J connectivity index is 2.19. The topological polar surface area (TPSA) is 47.7 Å². The minimum atomic E-state index is 0.638. The average molecular weight is 314 g/mol. The maximum atomic E-state index is 5.79. The fourth-order valence-corrected chi connectivity index (χ4v) is 2.67. The first-order valence-corrected chi connectivity index (χ1v) is 7.85. The molecule has 0 aliphatic heterocycles. The Morgan fingerprint density at radius 3 is 2.22 bits per heavy atom. The molecule has 23 heavy (non-hydrogen) atoms. The SMILES string of the molecule is COc1cc(C)c(CN(CCN)Cc2ccccc2)cc1OC. The summed E-state index contributed by atoms with van der Waals surface area (Å²) in [5.74, 6) is 1.53. The number of nitrogens with zero attached hydrogens (tertiary/aromatic N) is 1. The van der Waals surface area contributed by atoms with Crippen LogP contribution in [0, 0.1) is 6.92 Å². The van der Waals surface area contributed by atoms with Gasteiger partial charge in [-0.05, 0) is 35.7 Å². The van der Waals surface area contributed by atoms with Gasteiger partial charge in [-0.3, -0.25) is 4.90 Å². The maximum absolute atomic E-state index is 5.79. The summed E-state index contributed by atoms with van der Waals surface area (Å²) in [6.45, 7) is 5.30. The molecule has 0 aromatic heterocycles. The van der Waals surface area contributed by atoms with Crippen molar-refractivity contribution in [1.29, 1.82) is 0 Å². The summed E-state index contributed by atoms with van der Waals surface area (Å²) < 4.78 is 10.8. The molecule has 0 spiro atoms. The quantitative estimate of drug-likeness (QED) is 0.814. The Morgan fingerprint density at radius 1 is 0.957 bits per heavy atom. The zero-order chi connectivity index (χ0) is 16.7. The molecule has 0 unspecified atom stereocenters.